The van der Waals surface area contributed by atoms with E-state index in [4.69, 9.17) is 4.74 Å². The van der Waals surface area contributed by atoms with Crippen molar-refractivity contribution >= 4 is 23.3 Å². The molecule has 2 rings (SSSR count). The molecule has 1 amide bonds. The van der Waals surface area contributed by atoms with Crippen LogP contribution in [0.1, 0.15) is 32.6 Å². The fourth-order valence-electron chi connectivity index (χ4n) is 3.00. The zero-order chi connectivity index (χ0) is 19.1. The Morgan fingerprint density at radius 2 is 2.04 bits per heavy atom. The first-order valence-electron chi connectivity index (χ1n) is 8.60. The quantitative estimate of drug-likeness (QED) is 0.535. The molecule has 0 aliphatic carbocycles. The zero-order valence-corrected chi connectivity index (χ0v) is 14.6. The van der Waals surface area contributed by atoms with Gasteiger partial charge in [0.05, 0.1) is 24.0 Å². The van der Waals surface area contributed by atoms with Gasteiger partial charge in [-0.2, -0.15) is 0 Å². The molecule has 9 nitrogen and oxygen atoms in total. The molecule has 1 aliphatic rings. The average molecular weight is 365 g/mol. The molecule has 1 aromatic rings. The van der Waals surface area contributed by atoms with Crippen LogP contribution in [-0.4, -0.2) is 52.5 Å². The fourth-order valence-corrected chi connectivity index (χ4v) is 3.00. The minimum Gasteiger partial charge on any atom is -0.494 e. The molecule has 142 valence electrons. The maximum absolute atomic E-state index is 12.3. The number of aliphatic carboxylic acids is 1. The summed E-state index contributed by atoms with van der Waals surface area (Å²) in [5.74, 6) is -1.31. The molecular weight excluding hydrogens is 342 g/mol. The van der Waals surface area contributed by atoms with E-state index in [1.807, 2.05) is 0 Å². The molecule has 1 heterocycles. The van der Waals surface area contributed by atoms with Crippen LogP contribution in [-0.2, 0) is 9.59 Å². The van der Waals surface area contributed by atoms with E-state index in [0.29, 0.717) is 25.4 Å². The first-order valence-corrected chi connectivity index (χ1v) is 8.60. The minimum absolute atomic E-state index is 0.0197. The lowest BCUT2D eigenvalue weighted by Crippen LogP contribution is -2.45. The summed E-state index contributed by atoms with van der Waals surface area (Å²) in [5.41, 5.74) is -0.277. The third kappa shape index (κ3) is 5.16. The van der Waals surface area contributed by atoms with Gasteiger partial charge in [-0.3, -0.25) is 24.6 Å². The van der Waals surface area contributed by atoms with E-state index < -0.39 is 22.8 Å². The van der Waals surface area contributed by atoms with Gasteiger partial charge in [0.1, 0.15) is 17.5 Å². The number of nitrogens with zero attached hydrogens (tertiary/aromatic N) is 2. The number of anilines is 1. The summed E-state index contributed by atoms with van der Waals surface area (Å²) in [6.45, 7) is 3.38. The summed E-state index contributed by atoms with van der Waals surface area (Å²) in [6, 6.07) is 3.21. The topological polar surface area (TPSA) is 122 Å². The van der Waals surface area contributed by atoms with E-state index in [-0.39, 0.29) is 17.8 Å². The SMILES string of the molecule is CCOc1ccc(NC(=O)CC(C(=O)O)N2CCCCC2)c([N+](=O)[O-])c1. The number of carbonyl (C=O) groups is 2. The number of nitro benzene ring substituents is 1. The highest BCUT2D eigenvalue weighted by Crippen LogP contribution is 2.29. The van der Waals surface area contributed by atoms with Gasteiger partial charge in [-0.1, -0.05) is 6.42 Å². The van der Waals surface area contributed by atoms with Crippen LogP contribution in [0.5, 0.6) is 5.75 Å². The molecule has 0 saturated carbocycles. The van der Waals surface area contributed by atoms with Crippen molar-refractivity contribution in [1.29, 1.82) is 0 Å². The lowest BCUT2D eigenvalue weighted by Gasteiger charge is -2.31. The van der Waals surface area contributed by atoms with Crippen LogP contribution in [0.25, 0.3) is 0 Å². The highest BCUT2D eigenvalue weighted by Gasteiger charge is 2.29. The Bertz CT molecular complexity index is 672. The molecule has 1 aromatic carbocycles. The summed E-state index contributed by atoms with van der Waals surface area (Å²) in [5, 5.41) is 23.1. The molecular formula is C17H23N3O6. The summed E-state index contributed by atoms with van der Waals surface area (Å²) in [4.78, 5) is 36.2. The maximum Gasteiger partial charge on any atom is 0.321 e. The van der Waals surface area contributed by atoms with Gasteiger partial charge in [0.25, 0.3) is 5.69 Å². The Balaban J connectivity index is 2.10. The highest BCUT2D eigenvalue weighted by molar-refractivity contribution is 5.96. The van der Waals surface area contributed by atoms with E-state index in [1.54, 1.807) is 11.8 Å². The molecule has 1 saturated heterocycles. The molecule has 0 bridgehead atoms. The van der Waals surface area contributed by atoms with Crippen molar-refractivity contribution in [3.05, 3.63) is 28.3 Å². The predicted octanol–water partition coefficient (Wildman–Crippen LogP) is 2.26. The van der Waals surface area contributed by atoms with Crippen LogP contribution >= 0.6 is 0 Å². The van der Waals surface area contributed by atoms with Crippen molar-refractivity contribution in [2.45, 2.75) is 38.6 Å². The number of rotatable bonds is 8. The number of hydrogen-bond donors (Lipinski definition) is 2. The first-order chi connectivity index (χ1) is 12.4. The molecule has 1 atom stereocenters. The number of likely N-dealkylation sites (tertiary alicyclic amines) is 1. The number of amides is 1. The van der Waals surface area contributed by atoms with Gasteiger partial charge < -0.3 is 15.2 Å². The standard InChI is InChI=1S/C17H23N3O6/c1-2-26-12-6-7-13(14(10-12)20(24)25)18-16(21)11-15(17(22)23)19-8-4-3-5-9-19/h6-7,10,15H,2-5,8-9,11H2,1H3,(H,18,21)(H,22,23). The second-order valence-electron chi connectivity index (χ2n) is 6.07. The second-order valence-corrected chi connectivity index (χ2v) is 6.07. The van der Waals surface area contributed by atoms with Gasteiger partial charge in [-0.25, -0.2) is 0 Å². The van der Waals surface area contributed by atoms with Crippen molar-refractivity contribution in [3.8, 4) is 5.75 Å². The number of ether oxygens (including phenoxy) is 1. The van der Waals surface area contributed by atoms with Gasteiger partial charge in [-0.15, -0.1) is 0 Å². The van der Waals surface area contributed by atoms with Crippen LogP contribution in [0.15, 0.2) is 18.2 Å². The third-order valence-corrected chi connectivity index (χ3v) is 4.25. The van der Waals surface area contributed by atoms with E-state index in [2.05, 4.69) is 5.32 Å². The van der Waals surface area contributed by atoms with Crippen LogP contribution in [0.3, 0.4) is 0 Å². The highest BCUT2D eigenvalue weighted by atomic mass is 16.6. The number of nitrogens with one attached hydrogen (secondary N) is 1. The van der Waals surface area contributed by atoms with Gasteiger partial charge in [0.15, 0.2) is 0 Å². The summed E-state index contributed by atoms with van der Waals surface area (Å²) >= 11 is 0. The normalized spacial score (nSPS) is 15.9. The Morgan fingerprint density at radius 3 is 2.62 bits per heavy atom. The Labute approximate surface area is 151 Å². The molecule has 2 N–H and O–H groups in total. The van der Waals surface area contributed by atoms with Crippen molar-refractivity contribution < 1.29 is 24.4 Å². The number of carboxylic acid groups (broad SMARTS) is 1. The van der Waals surface area contributed by atoms with Crippen molar-refractivity contribution in [2.75, 3.05) is 25.0 Å². The van der Waals surface area contributed by atoms with Crippen molar-refractivity contribution in [1.82, 2.24) is 4.90 Å². The van der Waals surface area contributed by atoms with Crippen LogP contribution in [0.2, 0.25) is 0 Å². The van der Waals surface area contributed by atoms with Crippen molar-refractivity contribution in [2.24, 2.45) is 0 Å². The predicted molar refractivity (Wildman–Crippen MR) is 94.4 cm³/mol. The van der Waals surface area contributed by atoms with Crippen LogP contribution < -0.4 is 10.1 Å². The monoisotopic (exact) mass is 365 g/mol. The van der Waals surface area contributed by atoms with Crippen molar-refractivity contribution in [3.63, 3.8) is 0 Å². The molecule has 9 heteroatoms. The fraction of sp³-hybridized carbons (Fsp3) is 0.529. The van der Waals surface area contributed by atoms with E-state index in [9.17, 15) is 24.8 Å². The molecule has 0 aromatic heterocycles. The number of benzene rings is 1. The van der Waals surface area contributed by atoms with E-state index in [1.165, 1.54) is 18.2 Å². The third-order valence-electron chi connectivity index (χ3n) is 4.25. The Morgan fingerprint density at radius 1 is 1.35 bits per heavy atom. The molecule has 0 radical (unpaired) electrons. The van der Waals surface area contributed by atoms with Gasteiger partial charge >= 0.3 is 5.97 Å². The molecule has 0 spiro atoms. The van der Waals surface area contributed by atoms with E-state index >= 15 is 0 Å². The van der Waals surface area contributed by atoms with Gasteiger partial charge in [0, 0.05) is 0 Å². The number of piperidine rings is 1. The zero-order valence-electron chi connectivity index (χ0n) is 14.6. The molecule has 26 heavy (non-hydrogen) atoms. The number of nitro groups is 1. The minimum atomic E-state index is -1.07. The van der Waals surface area contributed by atoms with Crippen LogP contribution in [0, 0.1) is 10.1 Å². The van der Waals surface area contributed by atoms with Gasteiger partial charge in [-0.05, 0) is 45.0 Å². The second kappa shape index (κ2) is 9.14. The number of hydrogen-bond acceptors (Lipinski definition) is 6. The number of carboxylic acids is 1. The van der Waals surface area contributed by atoms with E-state index in [0.717, 1.165) is 19.3 Å². The lowest BCUT2D eigenvalue weighted by molar-refractivity contribution is -0.384. The Kier molecular flexibility index (Phi) is 6.90. The Hall–Kier alpha value is -2.68. The lowest BCUT2D eigenvalue weighted by atomic mass is 10.1. The summed E-state index contributed by atoms with van der Waals surface area (Å²) < 4.78 is 5.23. The molecule has 1 fully saturated rings. The summed E-state index contributed by atoms with van der Waals surface area (Å²) in [6.07, 6.45) is 2.58. The van der Waals surface area contributed by atoms with Gasteiger partial charge in [0.2, 0.25) is 5.91 Å². The first kappa shape index (κ1) is 19.6. The van der Waals surface area contributed by atoms with Crippen LogP contribution in [0.4, 0.5) is 11.4 Å². The average Bonchev–Trinajstić information content (AvgIpc) is 2.61. The molecule has 1 unspecified atom stereocenters. The number of carbonyl (C=O) groups excluding carboxylic acids is 1. The maximum atomic E-state index is 12.3. The largest absolute Gasteiger partial charge is 0.494 e. The summed E-state index contributed by atoms with van der Waals surface area (Å²) in [7, 11) is 0. The smallest absolute Gasteiger partial charge is 0.321 e. The molecule has 1 aliphatic heterocycles.